The van der Waals surface area contributed by atoms with Crippen molar-refractivity contribution >= 4 is 33.6 Å². The number of methoxy groups -OCH3 is 2. The van der Waals surface area contributed by atoms with Crippen LogP contribution in [0.1, 0.15) is 16.7 Å². The van der Waals surface area contributed by atoms with Crippen LogP contribution >= 0.6 is 0 Å². The molecule has 0 bridgehead atoms. The third kappa shape index (κ3) is 6.62. The van der Waals surface area contributed by atoms with E-state index in [2.05, 4.69) is 42.5 Å². The van der Waals surface area contributed by atoms with Gasteiger partial charge in [0, 0.05) is 17.7 Å². The summed E-state index contributed by atoms with van der Waals surface area (Å²) in [5.74, 6) is 1.66. The third-order valence-corrected chi connectivity index (χ3v) is 5.67. The van der Waals surface area contributed by atoms with Gasteiger partial charge in [-0.1, -0.05) is 48.5 Å². The van der Waals surface area contributed by atoms with Crippen LogP contribution < -0.4 is 28.1 Å². The fourth-order valence-corrected chi connectivity index (χ4v) is 3.99. The maximum absolute atomic E-state index is 8.49. The minimum Gasteiger partial charge on any atom is -0.497 e. The van der Waals surface area contributed by atoms with Gasteiger partial charge in [-0.05, 0) is 59.2 Å². The molecule has 0 N–H and O–H groups in total. The first-order valence-electron chi connectivity index (χ1n) is 11.1. The van der Waals surface area contributed by atoms with Crippen LogP contribution in [-0.4, -0.2) is 14.2 Å². The lowest BCUT2D eigenvalue weighted by Crippen LogP contribution is -2.68. The van der Waals surface area contributed by atoms with Gasteiger partial charge in [0.05, 0.1) is 25.0 Å². The Morgan fingerprint density at radius 2 is 1.00 bits per heavy atom. The van der Waals surface area contributed by atoms with E-state index in [4.69, 9.17) is 32.5 Å². The van der Waals surface area contributed by atoms with Crippen LogP contribution in [-0.2, 0) is 0 Å². The predicted molar refractivity (Wildman–Crippen MR) is 131 cm³/mol. The Morgan fingerprint density at radius 3 is 1.38 bits per heavy atom. The molecule has 37 heavy (non-hydrogen) atoms. The highest BCUT2D eigenvalue weighted by atomic mass is 35.7. The number of hydrogen-bond donors (Lipinski definition) is 0. The van der Waals surface area contributed by atoms with Crippen LogP contribution in [0.2, 0.25) is 0 Å². The number of hydrogen-bond acceptors (Lipinski definition) is 6. The van der Waals surface area contributed by atoms with Crippen LogP contribution in [0.3, 0.4) is 0 Å². The fourth-order valence-electron chi connectivity index (χ4n) is 3.99. The lowest BCUT2D eigenvalue weighted by Gasteiger charge is -2.17. The largest absolute Gasteiger partial charge is 0.497 e. The summed E-state index contributed by atoms with van der Waals surface area (Å²) >= 11 is 0. The molecule has 188 valence electrons. The molecule has 0 spiro atoms. The number of benzene rings is 4. The summed E-state index contributed by atoms with van der Waals surface area (Å²) in [5.41, 5.74) is 6.17. The first-order chi connectivity index (χ1) is 17.8. The van der Waals surface area contributed by atoms with E-state index in [1.54, 1.807) is 14.2 Å². The molecule has 0 aliphatic heterocycles. The van der Waals surface area contributed by atoms with Gasteiger partial charge in [0.1, 0.15) is 11.5 Å². The Balaban J connectivity index is 0.000000586. The SMILES string of the molecule is COc1ccc(C(=Cc2c3ccccc3[o+]c3ccccc23)c2ccc(OC)cc2)cc1.[O-][Cl+3]([O-])([O-])[O-]. The molecule has 0 aliphatic rings. The van der Waals surface area contributed by atoms with Gasteiger partial charge in [0.15, 0.2) is 0 Å². The van der Waals surface area contributed by atoms with Crippen molar-refractivity contribution in [3.8, 4) is 11.5 Å². The minimum atomic E-state index is -4.94. The van der Waals surface area contributed by atoms with Crippen LogP contribution in [0.15, 0.2) is 101 Å². The summed E-state index contributed by atoms with van der Waals surface area (Å²) in [6, 6.07) is 32.7. The number of ether oxygens (including phenoxy) is 2. The van der Waals surface area contributed by atoms with Gasteiger partial charge in [-0.2, -0.15) is 0 Å². The molecule has 5 aromatic rings. The van der Waals surface area contributed by atoms with Crippen molar-refractivity contribution in [2.75, 3.05) is 14.2 Å². The van der Waals surface area contributed by atoms with E-state index in [0.717, 1.165) is 55.7 Å². The van der Waals surface area contributed by atoms with Gasteiger partial charge in [0.25, 0.3) is 0 Å². The quantitative estimate of drug-likeness (QED) is 0.259. The smallest absolute Gasteiger partial charge is 0.361 e. The van der Waals surface area contributed by atoms with Gasteiger partial charge in [0.2, 0.25) is 0 Å². The van der Waals surface area contributed by atoms with Crippen molar-refractivity contribution in [1.29, 1.82) is 0 Å². The maximum Gasteiger partial charge on any atom is 0.361 e. The number of para-hydroxylation sites is 2. The van der Waals surface area contributed by atoms with Crippen LogP contribution in [0, 0.1) is 10.2 Å². The molecule has 4 aromatic carbocycles. The molecule has 0 saturated carbocycles. The summed E-state index contributed by atoms with van der Waals surface area (Å²) in [6.45, 7) is 0. The van der Waals surface area contributed by atoms with E-state index < -0.39 is 10.2 Å². The van der Waals surface area contributed by atoms with Crippen LogP contribution in [0.4, 0.5) is 0 Å². The Kier molecular flexibility index (Phi) is 8.03. The average Bonchev–Trinajstić information content (AvgIpc) is 2.90. The highest BCUT2D eigenvalue weighted by Crippen LogP contribution is 2.35. The molecule has 7 nitrogen and oxygen atoms in total. The van der Waals surface area contributed by atoms with Crippen LogP contribution in [0.25, 0.3) is 33.6 Å². The second-order valence-electron chi connectivity index (χ2n) is 7.90. The second kappa shape index (κ2) is 11.4. The fraction of sp³-hybridized carbons (Fsp3) is 0.0690. The second-order valence-corrected chi connectivity index (χ2v) is 8.66. The number of fused-ring (bicyclic) bond motifs is 2. The zero-order chi connectivity index (χ0) is 26.4. The third-order valence-electron chi connectivity index (χ3n) is 5.67. The lowest BCUT2D eigenvalue weighted by atomic mass is 9.93. The van der Waals surface area contributed by atoms with E-state index in [1.807, 2.05) is 60.7 Å². The molecule has 5 rings (SSSR count). The summed E-state index contributed by atoms with van der Waals surface area (Å²) < 4.78 is 50.9. The van der Waals surface area contributed by atoms with Gasteiger partial charge in [-0.25, -0.2) is 23.1 Å². The Labute approximate surface area is 215 Å². The lowest BCUT2D eigenvalue weighted by molar-refractivity contribution is -2.00. The highest BCUT2D eigenvalue weighted by Gasteiger charge is 2.18. The molecule has 0 amide bonds. The predicted octanol–water partition coefficient (Wildman–Crippen LogP) is 2.72. The van der Waals surface area contributed by atoms with E-state index in [1.165, 1.54) is 0 Å². The minimum absolute atomic E-state index is 0.831. The summed E-state index contributed by atoms with van der Waals surface area (Å²) in [6.07, 6.45) is 2.25. The van der Waals surface area contributed by atoms with Gasteiger partial charge in [-0.15, -0.1) is 10.2 Å². The molecular weight excluding hydrogens is 496 g/mol. The zero-order valence-electron chi connectivity index (χ0n) is 20.1. The standard InChI is InChI=1S/C29H23O3.ClHO4/c1-30-22-15-11-20(12-16-22)26(21-13-17-23(31-2)18-14-21)19-27-24-7-3-5-9-28(24)32-29-10-6-4-8-25(27)29;2-1(3,4)5/h3-19H,1-2H3;(H,2,3,4,5)/q+1;/p-1. The molecule has 0 radical (unpaired) electrons. The van der Waals surface area contributed by atoms with Gasteiger partial charge < -0.3 is 9.47 Å². The average molecular weight is 519 g/mol. The van der Waals surface area contributed by atoms with E-state index in [-0.39, 0.29) is 0 Å². The highest BCUT2D eigenvalue weighted by molar-refractivity contribution is 6.06. The molecule has 0 atom stereocenters. The molecule has 0 fully saturated rings. The Hall–Kier alpha value is -3.98. The van der Waals surface area contributed by atoms with Crippen molar-refractivity contribution < 1.29 is 42.8 Å². The summed E-state index contributed by atoms with van der Waals surface area (Å²) in [5, 5.41) is 2.15. The monoisotopic (exact) mass is 518 g/mol. The number of halogens is 1. The molecule has 0 aliphatic carbocycles. The zero-order valence-corrected chi connectivity index (χ0v) is 20.8. The number of rotatable bonds is 5. The maximum atomic E-state index is 8.49. The Morgan fingerprint density at radius 1 is 0.622 bits per heavy atom. The topological polar surface area (TPSA) is 122 Å². The van der Waals surface area contributed by atoms with Crippen molar-refractivity contribution in [1.82, 2.24) is 0 Å². The van der Waals surface area contributed by atoms with Gasteiger partial charge >= 0.3 is 11.2 Å². The molecule has 1 heterocycles. The van der Waals surface area contributed by atoms with E-state index >= 15 is 0 Å². The molecule has 8 heteroatoms. The normalized spacial score (nSPS) is 11.0. The molecule has 0 unspecified atom stereocenters. The van der Waals surface area contributed by atoms with Crippen molar-refractivity contribution in [2.45, 2.75) is 0 Å². The molecule has 1 aromatic heterocycles. The van der Waals surface area contributed by atoms with Crippen LogP contribution in [0.5, 0.6) is 11.5 Å². The Bertz CT molecular complexity index is 1410. The first kappa shape index (κ1) is 26.1. The molecule has 0 saturated heterocycles. The molecular formula is C29H23ClO7. The van der Waals surface area contributed by atoms with Crippen molar-refractivity contribution in [3.05, 3.63) is 114 Å². The summed E-state index contributed by atoms with van der Waals surface area (Å²) in [7, 11) is -1.58. The van der Waals surface area contributed by atoms with Gasteiger partial charge in [-0.3, -0.25) is 0 Å². The van der Waals surface area contributed by atoms with E-state index in [0.29, 0.717) is 0 Å². The van der Waals surface area contributed by atoms with Crippen molar-refractivity contribution in [2.24, 2.45) is 0 Å². The first-order valence-corrected chi connectivity index (χ1v) is 12.4. The summed E-state index contributed by atoms with van der Waals surface area (Å²) in [4.78, 5) is 0. The van der Waals surface area contributed by atoms with Crippen molar-refractivity contribution in [3.63, 3.8) is 0 Å². The van der Waals surface area contributed by atoms with E-state index in [9.17, 15) is 0 Å².